The van der Waals surface area contributed by atoms with E-state index in [2.05, 4.69) is 15.0 Å². The highest BCUT2D eigenvalue weighted by atomic mass is 32.1. The standard InChI is InChI=1S/C19H14FN3OS/c1-10-7-8-21-14(9-10)17-22-18(24)16-15(11(2)25-19(16)23-17)12-3-5-13(20)6-4-12/h3-9H,1-2H3,(H,22,23,24). The van der Waals surface area contributed by atoms with Crippen LogP contribution in [0.25, 0.3) is 32.9 Å². The van der Waals surface area contributed by atoms with Gasteiger partial charge >= 0.3 is 0 Å². The number of nitrogens with zero attached hydrogens (tertiary/aromatic N) is 2. The number of nitrogens with one attached hydrogen (secondary N) is 1. The third-order valence-electron chi connectivity index (χ3n) is 4.03. The number of halogens is 1. The van der Waals surface area contributed by atoms with E-state index in [0.29, 0.717) is 21.7 Å². The van der Waals surface area contributed by atoms with Gasteiger partial charge in [0.15, 0.2) is 5.82 Å². The van der Waals surface area contributed by atoms with Gasteiger partial charge in [-0.25, -0.2) is 9.37 Å². The molecule has 0 aliphatic heterocycles. The van der Waals surface area contributed by atoms with Gasteiger partial charge in [-0.1, -0.05) is 12.1 Å². The van der Waals surface area contributed by atoms with Crippen molar-refractivity contribution in [2.24, 2.45) is 0 Å². The Morgan fingerprint density at radius 1 is 1.12 bits per heavy atom. The number of hydrogen-bond donors (Lipinski definition) is 1. The van der Waals surface area contributed by atoms with Crippen LogP contribution in [0.3, 0.4) is 0 Å². The van der Waals surface area contributed by atoms with E-state index in [1.54, 1.807) is 18.3 Å². The van der Waals surface area contributed by atoms with Crippen LogP contribution in [-0.4, -0.2) is 15.0 Å². The zero-order chi connectivity index (χ0) is 17.6. The summed E-state index contributed by atoms with van der Waals surface area (Å²) in [6.45, 7) is 3.90. The van der Waals surface area contributed by atoms with Crippen LogP contribution < -0.4 is 5.56 Å². The lowest BCUT2D eigenvalue weighted by atomic mass is 10.0. The number of rotatable bonds is 2. The zero-order valence-corrected chi connectivity index (χ0v) is 14.4. The predicted molar refractivity (Wildman–Crippen MR) is 98.3 cm³/mol. The van der Waals surface area contributed by atoms with Gasteiger partial charge < -0.3 is 4.98 Å². The Balaban J connectivity index is 1.95. The summed E-state index contributed by atoms with van der Waals surface area (Å²) in [4.78, 5) is 26.1. The first-order chi connectivity index (χ1) is 12.0. The molecule has 4 aromatic rings. The van der Waals surface area contributed by atoms with Gasteiger partial charge in [-0.3, -0.25) is 9.78 Å². The SMILES string of the molecule is Cc1ccnc(-c2nc3sc(C)c(-c4ccc(F)cc4)c3c(=O)[nH]2)c1. The van der Waals surface area contributed by atoms with Crippen molar-refractivity contribution in [1.82, 2.24) is 15.0 Å². The van der Waals surface area contributed by atoms with Crippen LogP contribution in [0.4, 0.5) is 4.39 Å². The van der Waals surface area contributed by atoms with Crippen molar-refractivity contribution in [2.75, 3.05) is 0 Å². The fourth-order valence-corrected chi connectivity index (χ4v) is 3.92. The van der Waals surface area contributed by atoms with Crippen LogP contribution >= 0.6 is 11.3 Å². The lowest BCUT2D eigenvalue weighted by Crippen LogP contribution is -2.09. The predicted octanol–water partition coefficient (Wildman–Crippen LogP) is 4.47. The molecule has 3 heterocycles. The molecule has 0 amide bonds. The van der Waals surface area contributed by atoms with Crippen LogP contribution in [0, 0.1) is 19.7 Å². The molecule has 3 aromatic heterocycles. The highest BCUT2D eigenvalue weighted by molar-refractivity contribution is 7.19. The lowest BCUT2D eigenvalue weighted by Gasteiger charge is -2.03. The number of aromatic amines is 1. The molecule has 1 N–H and O–H groups in total. The van der Waals surface area contributed by atoms with E-state index < -0.39 is 0 Å². The first-order valence-corrected chi connectivity index (χ1v) is 8.57. The Bertz CT molecular complexity index is 1150. The third kappa shape index (κ3) is 2.74. The van der Waals surface area contributed by atoms with E-state index >= 15 is 0 Å². The molecule has 0 aliphatic rings. The number of aryl methyl sites for hydroxylation is 2. The minimum absolute atomic E-state index is 0.216. The van der Waals surface area contributed by atoms with E-state index in [1.165, 1.54) is 23.5 Å². The molecule has 0 aliphatic carbocycles. The van der Waals surface area contributed by atoms with E-state index in [4.69, 9.17) is 0 Å². The molecule has 0 fully saturated rings. The third-order valence-corrected chi connectivity index (χ3v) is 5.03. The highest BCUT2D eigenvalue weighted by Crippen LogP contribution is 2.36. The topological polar surface area (TPSA) is 58.6 Å². The van der Waals surface area contributed by atoms with Crippen LogP contribution in [-0.2, 0) is 0 Å². The summed E-state index contributed by atoms with van der Waals surface area (Å²) in [5, 5.41) is 0.533. The summed E-state index contributed by atoms with van der Waals surface area (Å²) in [6, 6.07) is 9.92. The summed E-state index contributed by atoms with van der Waals surface area (Å²) in [5.41, 5.74) is 3.07. The van der Waals surface area contributed by atoms with Gasteiger partial charge in [-0.15, -0.1) is 11.3 Å². The van der Waals surface area contributed by atoms with Crippen molar-refractivity contribution in [2.45, 2.75) is 13.8 Å². The second kappa shape index (κ2) is 5.89. The average Bonchev–Trinajstić information content (AvgIpc) is 2.92. The molecule has 0 saturated heterocycles. The van der Waals surface area contributed by atoms with Gasteiger partial charge in [0.05, 0.1) is 5.39 Å². The van der Waals surface area contributed by atoms with E-state index in [1.807, 2.05) is 26.0 Å². The van der Waals surface area contributed by atoms with E-state index in [0.717, 1.165) is 21.6 Å². The van der Waals surface area contributed by atoms with Crippen molar-refractivity contribution in [3.63, 3.8) is 0 Å². The molecule has 25 heavy (non-hydrogen) atoms. The number of aromatic nitrogens is 3. The van der Waals surface area contributed by atoms with Gasteiger partial charge in [0, 0.05) is 16.6 Å². The molecule has 0 unspecified atom stereocenters. The smallest absolute Gasteiger partial charge is 0.260 e. The van der Waals surface area contributed by atoms with Crippen LogP contribution in [0.15, 0.2) is 47.4 Å². The molecular formula is C19H14FN3OS. The van der Waals surface area contributed by atoms with Crippen molar-refractivity contribution in [1.29, 1.82) is 0 Å². The molecule has 4 rings (SSSR count). The minimum atomic E-state index is -0.305. The van der Waals surface area contributed by atoms with Gasteiger partial charge in [-0.2, -0.15) is 0 Å². The number of hydrogen-bond acceptors (Lipinski definition) is 4. The summed E-state index contributed by atoms with van der Waals surface area (Å²) >= 11 is 1.45. The fourth-order valence-electron chi connectivity index (χ4n) is 2.87. The Hall–Kier alpha value is -2.86. The highest BCUT2D eigenvalue weighted by Gasteiger charge is 2.17. The van der Waals surface area contributed by atoms with Crippen molar-refractivity contribution < 1.29 is 4.39 Å². The maximum atomic E-state index is 13.2. The van der Waals surface area contributed by atoms with Crippen molar-refractivity contribution >= 4 is 21.6 Å². The Morgan fingerprint density at radius 3 is 2.60 bits per heavy atom. The summed E-state index contributed by atoms with van der Waals surface area (Å²) in [5.74, 6) is 0.147. The quantitative estimate of drug-likeness (QED) is 0.580. The number of fused-ring (bicyclic) bond motifs is 1. The number of thiophene rings is 1. The minimum Gasteiger partial charge on any atom is -0.305 e. The molecule has 6 heteroatoms. The maximum Gasteiger partial charge on any atom is 0.260 e. The number of H-pyrrole nitrogens is 1. The lowest BCUT2D eigenvalue weighted by molar-refractivity contribution is 0.628. The summed E-state index contributed by atoms with van der Waals surface area (Å²) in [6.07, 6.45) is 1.69. The van der Waals surface area contributed by atoms with Crippen LogP contribution in [0.5, 0.6) is 0 Å². The Labute approximate surface area is 147 Å². The van der Waals surface area contributed by atoms with Gasteiger partial charge in [0.1, 0.15) is 16.3 Å². The largest absolute Gasteiger partial charge is 0.305 e. The second-order valence-corrected chi connectivity index (χ2v) is 7.06. The summed E-state index contributed by atoms with van der Waals surface area (Å²) in [7, 11) is 0. The molecule has 0 spiro atoms. The normalized spacial score (nSPS) is 11.2. The molecule has 4 nitrogen and oxygen atoms in total. The van der Waals surface area contributed by atoms with Gasteiger partial charge in [-0.05, 0) is 49.2 Å². The number of pyridine rings is 1. The zero-order valence-electron chi connectivity index (χ0n) is 13.6. The Kier molecular flexibility index (Phi) is 3.69. The fraction of sp³-hybridized carbons (Fsp3) is 0.105. The molecule has 0 radical (unpaired) electrons. The van der Waals surface area contributed by atoms with Gasteiger partial charge in [0.25, 0.3) is 5.56 Å². The first kappa shape index (κ1) is 15.7. The monoisotopic (exact) mass is 351 g/mol. The first-order valence-electron chi connectivity index (χ1n) is 7.75. The van der Waals surface area contributed by atoms with E-state index in [-0.39, 0.29) is 11.4 Å². The van der Waals surface area contributed by atoms with Gasteiger partial charge in [0.2, 0.25) is 0 Å². The number of benzene rings is 1. The second-order valence-electron chi connectivity index (χ2n) is 5.85. The molecule has 124 valence electrons. The van der Waals surface area contributed by atoms with Crippen molar-refractivity contribution in [3.8, 4) is 22.6 Å². The molecule has 0 atom stereocenters. The van der Waals surface area contributed by atoms with Crippen molar-refractivity contribution in [3.05, 3.63) is 69.2 Å². The molecule has 1 aromatic carbocycles. The molecule has 0 saturated carbocycles. The summed E-state index contributed by atoms with van der Waals surface area (Å²) < 4.78 is 13.2. The van der Waals surface area contributed by atoms with Crippen LogP contribution in [0.2, 0.25) is 0 Å². The van der Waals surface area contributed by atoms with Crippen LogP contribution in [0.1, 0.15) is 10.4 Å². The maximum absolute atomic E-state index is 13.2. The van der Waals surface area contributed by atoms with E-state index in [9.17, 15) is 9.18 Å². The molecule has 0 bridgehead atoms. The molecular weight excluding hydrogens is 337 g/mol. The average molecular weight is 351 g/mol. The Morgan fingerprint density at radius 2 is 1.88 bits per heavy atom.